The molecule has 0 aliphatic rings. The van der Waals surface area contributed by atoms with E-state index in [4.69, 9.17) is 5.26 Å². The Labute approximate surface area is 102 Å². The number of hydrogen-bond acceptors (Lipinski definition) is 5. The third-order valence-electron chi connectivity index (χ3n) is 2.78. The largest absolute Gasteiger partial charge is 0.370 e. The standard InChI is InChI=1S/C12H19N5/c1-5-14-11-10(3)12(16-8-15-11)17(4)9(2)6-7-13/h8-9H,5-6H2,1-4H3,(H,14,15,16). The van der Waals surface area contributed by atoms with Crippen LogP contribution in [0.5, 0.6) is 0 Å². The van der Waals surface area contributed by atoms with E-state index in [0.29, 0.717) is 6.42 Å². The lowest BCUT2D eigenvalue weighted by Gasteiger charge is -2.26. The van der Waals surface area contributed by atoms with Crippen LogP contribution in [0, 0.1) is 18.3 Å². The summed E-state index contributed by atoms with van der Waals surface area (Å²) in [4.78, 5) is 10.5. The number of rotatable bonds is 5. The highest BCUT2D eigenvalue weighted by molar-refractivity contribution is 5.57. The Bertz CT molecular complexity index is 410. The highest BCUT2D eigenvalue weighted by Crippen LogP contribution is 2.23. The quantitative estimate of drug-likeness (QED) is 0.842. The molecule has 1 heterocycles. The van der Waals surface area contributed by atoms with Crippen LogP contribution in [0.3, 0.4) is 0 Å². The van der Waals surface area contributed by atoms with E-state index in [1.807, 2.05) is 32.7 Å². The summed E-state index contributed by atoms with van der Waals surface area (Å²) in [6.45, 7) is 6.86. The predicted octanol–water partition coefficient (Wildman–Crippen LogP) is 1.96. The van der Waals surface area contributed by atoms with E-state index >= 15 is 0 Å². The molecule has 1 N–H and O–H groups in total. The second-order valence-corrected chi connectivity index (χ2v) is 4.02. The molecular formula is C12H19N5. The molecule has 0 aromatic carbocycles. The predicted molar refractivity (Wildman–Crippen MR) is 69.0 cm³/mol. The zero-order chi connectivity index (χ0) is 12.8. The number of nitrogens with zero attached hydrogens (tertiary/aromatic N) is 4. The van der Waals surface area contributed by atoms with Crippen LogP contribution in [0.25, 0.3) is 0 Å². The van der Waals surface area contributed by atoms with Gasteiger partial charge in [-0.05, 0) is 20.8 Å². The lowest BCUT2D eigenvalue weighted by molar-refractivity contribution is 0.690. The lowest BCUT2D eigenvalue weighted by atomic mass is 10.2. The van der Waals surface area contributed by atoms with E-state index < -0.39 is 0 Å². The third kappa shape index (κ3) is 3.06. The molecule has 1 unspecified atom stereocenters. The van der Waals surface area contributed by atoms with Gasteiger partial charge in [-0.3, -0.25) is 0 Å². The Balaban J connectivity index is 2.98. The fourth-order valence-corrected chi connectivity index (χ4v) is 1.62. The van der Waals surface area contributed by atoms with Crippen LogP contribution in [0.15, 0.2) is 6.33 Å². The highest BCUT2D eigenvalue weighted by atomic mass is 15.2. The topological polar surface area (TPSA) is 64.8 Å². The Morgan fingerprint density at radius 1 is 1.53 bits per heavy atom. The van der Waals surface area contributed by atoms with Gasteiger partial charge in [0.2, 0.25) is 0 Å². The minimum Gasteiger partial charge on any atom is -0.370 e. The van der Waals surface area contributed by atoms with Gasteiger partial charge in [0.05, 0.1) is 12.5 Å². The SMILES string of the molecule is CCNc1ncnc(N(C)C(C)CC#N)c1C. The molecule has 0 fully saturated rings. The maximum Gasteiger partial charge on any atom is 0.137 e. The molecule has 1 atom stereocenters. The van der Waals surface area contributed by atoms with Gasteiger partial charge in [0.15, 0.2) is 0 Å². The summed E-state index contributed by atoms with van der Waals surface area (Å²) in [5.41, 5.74) is 1.02. The highest BCUT2D eigenvalue weighted by Gasteiger charge is 2.15. The average Bonchev–Trinajstić information content (AvgIpc) is 2.31. The molecule has 5 heteroatoms. The van der Waals surface area contributed by atoms with Gasteiger partial charge in [-0.2, -0.15) is 5.26 Å². The maximum atomic E-state index is 8.72. The van der Waals surface area contributed by atoms with Gasteiger partial charge in [-0.15, -0.1) is 0 Å². The van der Waals surface area contributed by atoms with Crippen molar-refractivity contribution < 1.29 is 0 Å². The molecular weight excluding hydrogens is 214 g/mol. The van der Waals surface area contributed by atoms with Crippen LogP contribution in [0.2, 0.25) is 0 Å². The molecule has 0 saturated heterocycles. The molecule has 1 aromatic heterocycles. The molecule has 1 rings (SSSR count). The second kappa shape index (κ2) is 6.04. The van der Waals surface area contributed by atoms with Crippen LogP contribution < -0.4 is 10.2 Å². The van der Waals surface area contributed by atoms with E-state index in [2.05, 4.69) is 21.4 Å². The molecule has 0 aliphatic heterocycles. The Morgan fingerprint density at radius 2 is 2.24 bits per heavy atom. The van der Waals surface area contributed by atoms with Gasteiger partial charge in [-0.25, -0.2) is 9.97 Å². The Hall–Kier alpha value is -1.83. The van der Waals surface area contributed by atoms with E-state index in [9.17, 15) is 0 Å². The van der Waals surface area contributed by atoms with Crippen molar-refractivity contribution >= 4 is 11.6 Å². The van der Waals surface area contributed by atoms with E-state index in [1.54, 1.807) is 6.33 Å². The van der Waals surface area contributed by atoms with E-state index in [0.717, 1.165) is 23.7 Å². The van der Waals surface area contributed by atoms with Crippen molar-refractivity contribution in [3.8, 4) is 6.07 Å². The van der Waals surface area contributed by atoms with Crippen LogP contribution in [-0.2, 0) is 0 Å². The molecule has 0 spiro atoms. The van der Waals surface area contributed by atoms with E-state index in [-0.39, 0.29) is 6.04 Å². The molecule has 0 saturated carbocycles. The summed E-state index contributed by atoms with van der Waals surface area (Å²) >= 11 is 0. The Kier molecular flexibility index (Phi) is 4.70. The number of nitriles is 1. The molecule has 0 bridgehead atoms. The first-order valence-electron chi connectivity index (χ1n) is 5.77. The van der Waals surface area contributed by atoms with Gasteiger partial charge >= 0.3 is 0 Å². The summed E-state index contributed by atoms with van der Waals surface area (Å²) in [6, 6.07) is 2.32. The van der Waals surface area contributed by atoms with Gasteiger partial charge in [0.25, 0.3) is 0 Å². The van der Waals surface area contributed by atoms with Gasteiger partial charge in [-0.1, -0.05) is 0 Å². The van der Waals surface area contributed by atoms with E-state index in [1.165, 1.54) is 0 Å². The molecule has 0 radical (unpaired) electrons. The summed E-state index contributed by atoms with van der Waals surface area (Å²) in [7, 11) is 1.95. The van der Waals surface area contributed by atoms with Crippen molar-refractivity contribution in [2.24, 2.45) is 0 Å². The first-order valence-corrected chi connectivity index (χ1v) is 5.77. The normalized spacial score (nSPS) is 11.7. The summed E-state index contributed by atoms with van der Waals surface area (Å²) in [5, 5.41) is 11.9. The van der Waals surface area contributed by atoms with Crippen molar-refractivity contribution in [1.29, 1.82) is 5.26 Å². The van der Waals surface area contributed by atoms with Crippen LogP contribution in [0.1, 0.15) is 25.8 Å². The number of anilines is 2. The average molecular weight is 233 g/mol. The Morgan fingerprint density at radius 3 is 2.82 bits per heavy atom. The summed E-state index contributed by atoms with van der Waals surface area (Å²) in [6.07, 6.45) is 2.03. The maximum absolute atomic E-state index is 8.72. The van der Waals surface area contributed by atoms with Crippen LogP contribution in [0.4, 0.5) is 11.6 Å². The smallest absolute Gasteiger partial charge is 0.137 e. The molecule has 5 nitrogen and oxygen atoms in total. The minimum absolute atomic E-state index is 0.142. The van der Waals surface area contributed by atoms with Crippen molar-refractivity contribution in [2.45, 2.75) is 33.2 Å². The molecule has 92 valence electrons. The number of aromatic nitrogens is 2. The van der Waals surface area contributed by atoms with Crippen molar-refractivity contribution in [1.82, 2.24) is 9.97 Å². The fourth-order valence-electron chi connectivity index (χ4n) is 1.62. The second-order valence-electron chi connectivity index (χ2n) is 4.02. The summed E-state index contributed by atoms with van der Waals surface area (Å²) in [5.74, 6) is 1.73. The lowest BCUT2D eigenvalue weighted by Crippen LogP contribution is -2.30. The van der Waals surface area contributed by atoms with Crippen molar-refractivity contribution in [2.75, 3.05) is 23.8 Å². The first-order chi connectivity index (χ1) is 8.11. The van der Waals surface area contributed by atoms with Crippen molar-refractivity contribution in [3.63, 3.8) is 0 Å². The van der Waals surface area contributed by atoms with Crippen molar-refractivity contribution in [3.05, 3.63) is 11.9 Å². The molecule has 17 heavy (non-hydrogen) atoms. The summed E-state index contributed by atoms with van der Waals surface area (Å²) < 4.78 is 0. The number of hydrogen-bond donors (Lipinski definition) is 1. The number of nitrogens with one attached hydrogen (secondary N) is 1. The zero-order valence-electron chi connectivity index (χ0n) is 10.9. The third-order valence-corrected chi connectivity index (χ3v) is 2.78. The zero-order valence-corrected chi connectivity index (χ0v) is 10.9. The monoisotopic (exact) mass is 233 g/mol. The molecule has 0 aliphatic carbocycles. The van der Waals surface area contributed by atoms with Gasteiger partial charge in [0.1, 0.15) is 18.0 Å². The fraction of sp³-hybridized carbons (Fsp3) is 0.583. The van der Waals surface area contributed by atoms with Crippen LogP contribution >= 0.6 is 0 Å². The minimum atomic E-state index is 0.142. The molecule has 0 amide bonds. The van der Waals surface area contributed by atoms with Gasteiger partial charge < -0.3 is 10.2 Å². The van der Waals surface area contributed by atoms with Crippen LogP contribution in [-0.4, -0.2) is 29.6 Å². The van der Waals surface area contributed by atoms with Gasteiger partial charge in [0, 0.05) is 25.2 Å². The first kappa shape index (κ1) is 13.2. The molecule has 1 aromatic rings.